The summed E-state index contributed by atoms with van der Waals surface area (Å²) in [4.78, 5) is 66.8. The van der Waals surface area contributed by atoms with Crippen LogP contribution >= 0.6 is 11.3 Å². The highest BCUT2D eigenvalue weighted by atomic mass is 32.2. The zero-order valence-electron chi connectivity index (χ0n) is 28.8. The summed E-state index contributed by atoms with van der Waals surface area (Å²) in [6.45, 7) is 1.76. The van der Waals surface area contributed by atoms with Crippen molar-refractivity contribution in [2.75, 3.05) is 13.2 Å². The summed E-state index contributed by atoms with van der Waals surface area (Å²) in [7, 11) is -3.89. The summed E-state index contributed by atoms with van der Waals surface area (Å²) < 4.78 is 39.5. The second kappa shape index (κ2) is 14.8. The quantitative estimate of drug-likeness (QED) is 0.286. The van der Waals surface area contributed by atoms with Gasteiger partial charge in [-0.15, -0.1) is 11.3 Å². The number of carbonyl (C=O) groups is 4. The van der Waals surface area contributed by atoms with Gasteiger partial charge in [-0.05, 0) is 69.0 Å². The number of nitrogens with one attached hydrogen (secondary N) is 3. The molecule has 0 spiro atoms. The molecule has 276 valence electrons. The van der Waals surface area contributed by atoms with Gasteiger partial charge in [0.15, 0.2) is 0 Å². The van der Waals surface area contributed by atoms with Crippen molar-refractivity contribution >= 4 is 56.2 Å². The van der Waals surface area contributed by atoms with E-state index in [1.807, 2.05) is 53.9 Å². The van der Waals surface area contributed by atoms with E-state index in [-0.39, 0.29) is 31.9 Å². The Bertz CT molecular complexity index is 1980. The first-order chi connectivity index (χ1) is 25.1. The largest absolute Gasteiger partial charge is 0.471 e. The van der Waals surface area contributed by atoms with Gasteiger partial charge in [0.2, 0.25) is 27.7 Å². The van der Waals surface area contributed by atoms with E-state index < -0.39 is 68.7 Å². The van der Waals surface area contributed by atoms with Gasteiger partial charge in [-0.1, -0.05) is 43.2 Å². The predicted octanol–water partition coefficient (Wildman–Crippen LogP) is 3.82. The van der Waals surface area contributed by atoms with Crippen molar-refractivity contribution < 1.29 is 37.1 Å². The number of allylic oxidation sites excluding steroid dienone is 1. The zero-order chi connectivity index (χ0) is 36.5. The summed E-state index contributed by atoms with van der Waals surface area (Å²) >= 11 is 1.47. The maximum atomic E-state index is 14.4. The molecule has 5 atom stereocenters. The summed E-state index contributed by atoms with van der Waals surface area (Å²) in [5.41, 5.74) is 0.318. The molecule has 0 radical (unpaired) electrons. The molecular formula is C36H42N6O8S2. The Hall–Kier alpha value is -4.57. The van der Waals surface area contributed by atoms with E-state index in [0.29, 0.717) is 48.8 Å². The Morgan fingerprint density at radius 2 is 1.85 bits per heavy atom. The number of thiophene rings is 1. The summed E-state index contributed by atoms with van der Waals surface area (Å²) in [5.74, 6) is -2.08. The third kappa shape index (κ3) is 7.63. The molecule has 14 nitrogen and oxygen atoms in total. The minimum atomic E-state index is -3.89. The molecule has 4 heterocycles. The van der Waals surface area contributed by atoms with Crippen LogP contribution in [0.25, 0.3) is 21.6 Å². The third-order valence-corrected chi connectivity index (χ3v) is 12.7. The molecule has 0 bridgehead atoms. The van der Waals surface area contributed by atoms with Crippen molar-refractivity contribution in [3.05, 3.63) is 53.9 Å². The van der Waals surface area contributed by atoms with Crippen molar-refractivity contribution in [3.63, 3.8) is 0 Å². The second-order valence-corrected chi connectivity index (χ2v) is 16.7. The minimum absolute atomic E-state index is 0.0189. The van der Waals surface area contributed by atoms with Crippen LogP contribution < -0.4 is 20.1 Å². The molecule has 4 aliphatic rings. The molecule has 2 saturated carbocycles. The van der Waals surface area contributed by atoms with Gasteiger partial charge in [0.25, 0.3) is 5.91 Å². The maximum absolute atomic E-state index is 14.4. The number of aromatic nitrogens is 2. The number of hydrogen-bond acceptors (Lipinski definition) is 11. The highest BCUT2D eigenvalue weighted by molar-refractivity contribution is 7.91. The first kappa shape index (κ1) is 35.8. The Labute approximate surface area is 305 Å². The van der Waals surface area contributed by atoms with Crippen LogP contribution in [0.1, 0.15) is 64.7 Å². The van der Waals surface area contributed by atoms with Crippen LogP contribution in [0, 0.1) is 5.92 Å². The molecule has 1 saturated heterocycles. The van der Waals surface area contributed by atoms with Crippen LogP contribution in [0.5, 0.6) is 5.88 Å². The highest BCUT2D eigenvalue weighted by Gasteiger charge is 2.62. The predicted molar refractivity (Wildman–Crippen MR) is 193 cm³/mol. The first-order valence-corrected chi connectivity index (χ1v) is 20.3. The lowest BCUT2D eigenvalue weighted by Gasteiger charge is -2.29. The molecule has 2 aliphatic heterocycles. The van der Waals surface area contributed by atoms with Gasteiger partial charge < -0.3 is 25.0 Å². The molecule has 2 aliphatic carbocycles. The average Bonchev–Trinajstić information content (AvgIpc) is 3.98. The van der Waals surface area contributed by atoms with Gasteiger partial charge in [-0.2, -0.15) is 0 Å². The molecule has 1 aromatic carbocycles. The molecule has 3 N–H and O–H groups in total. The number of carbonyl (C=O) groups excluding carboxylic acids is 4. The molecule has 3 aromatic rings. The summed E-state index contributed by atoms with van der Waals surface area (Å²) in [5, 5.41) is 6.87. The Morgan fingerprint density at radius 1 is 1.06 bits per heavy atom. The molecule has 1 unspecified atom stereocenters. The smallest absolute Gasteiger partial charge is 0.407 e. The van der Waals surface area contributed by atoms with Gasteiger partial charge in [0.05, 0.1) is 34.3 Å². The normalized spacial score (nSPS) is 27.3. The topological polar surface area (TPSA) is 186 Å². The molecule has 7 rings (SSSR count). The monoisotopic (exact) mass is 750 g/mol. The van der Waals surface area contributed by atoms with Crippen LogP contribution in [-0.4, -0.2) is 89.2 Å². The van der Waals surface area contributed by atoms with E-state index in [0.717, 1.165) is 17.7 Å². The Morgan fingerprint density at radius 3 is 2.58 bits per heavy atom. The number of sulfonamides is 1. The molecule has 52 heavy (non-hydrogen) atoms. The third-order valence-electron chi connectivity index (χ3n) is 9.98. The fourth-order valence-corrected chi connectivity index (χ4v) is 9.03. The minimum Gasteiger partial charge on any atom is -0.471 e. The summed E-state index contributed by atoms with van der Waals surface area (Å²) in [6, 6.07) is 9.12. The summed E-state index contributed by atoms with van der Waals surface area (Å²) in [6.07, 6.45) is 6.78. The zero-order valence-corrected chi connectivity index (χ0v) is 30.4. The molecule has 16 heteroatoms. The first-order valence-electron chi connectivity index (χ1n) is 17.8. The number of rotatable bonds is 8. The lowest BCUT2D eigenvalue weighted by atomic mass is 10.1. The lowest BCUT2D eigenvalue weighted by molar-refractivity contribution is -0.141. The SMILES string of the molecule is CCOC(=O)N[C@H]1CCCCC/C=C\C2C[C@@]2(C(=O)NS(=O)(=O)C2CC2)NC(=O)[C@@H]2C[C@@H](Oc3nc4ccccc4nc3-c3cccs3)CN2C1=O. The number of alkyl carbamates (subject to hydrolysis) is 1. The van der Waals surface area contributed by atoms with Gasteiger partial charge in [-0.25, -0.2) is 23.2 Å². The van der Waals surface area contributed by atoms with E-state index >= 15 is 0 Å². The molecule has 3 fully saturated rings. The Kier molecular flexibility index (Phi) is 10.2. The van der Waals surface area contributed by atoms with Crippen LogP contribution in [0.4, 0.5) is 4.79 Å². The van der Waals surface area contributed by atoms with Crippen LogP contribution in [0.15, 0.2) is 53.9 Å². The fourth-order valence-electron chi connectivity index (χ4n) is 6.96. The van der Waals surface area contributed by atoms with Crippen molar-refractivity contribution in [1.82, 2.24) is 30.2 Å². The van der Waals surface area contributed by atoms with Crippen molar-refractivity contribution in [1.29, 1.82) is 0 Å². The van der Waals surface area contributed by atoms with Gasteiger partial charge in [0.1, 0.15) is 29.4 Å². The highest BCUT2D eigenvalue weighted by Crippen LogP contribution is 2.46. The van der Waals surface area contributed by atoms with Crippen molar-refractivity contribution in [2.24, 2.45) is 5.92 Å². The maximum Gasteiger partial charge on any atom is 0.407 e. The standard InChI is InChI=1S/C36H42N6O8S2/c1-2-49-35(46)39-27-14-7-5-3-4-6-11-22-20-36(22,34(45)41-52(47,48)24-16-17-24)40-31(43)28-19-23(21-42(28)33(27)44)50-32-30(29-15-10-18-51-29)37-25-12-8-9-13-26(25)38-32/h6,8-13,15,18,22-24,27-28H,2-5,7,14,16-17,19-21H2,1H3,(H,39,46)(H,40,43)(H,41,45)/b11-6-/t22?,23-,27+,28+,36-/m1/s1. The number of hydrogen-bond donors (Lipinski definition) is 3. The number of benzene rings is 1. The number of ether oxygens (including phenoxy) is 2. The van der Waals surface area contributed by atoms with Crippen LogP contribution in [0.3, 0.4) is 0 Å². The Balaban J connectivity index is 1.21. The van der Waals surface area contributed by atoms with E-state index in [1.165, 1.54) is 16.2 Å². The van der Waals surface area contributed by atoms with Crippen LogP contribution in [-0.2, 0) is 29.1 Å². The molecular weight excluding hydrogens is 709 g/mol. The van der Waals surface area contributed by atoms with E-state index in [4.69, 9.17) is 19.4 Å². The number of nitrogens with zero attached hydrogens (tertiary/aromatic N) is 3. The number of amides is 4. The van der Waals surface area contributed by atoms with Gasteiger partial charge in [0, 0.05) is 12.3 Å². The van der Waals surface area contributed by atoms with Crippen molar-refractivity contribution in [3.8, 4) is 16.5 Å². The number of fused-ring (bicyclic) bond motifs is 3. The van der Waals surface area contributed by atoms with Crippen LogP contribution in [0.2, 0.25) is 0 Å². The van der Waals surface area contributed by atoms with E-state index in [9.17, 15) is 27.6 Å². The lowest BCUT2D eigenvalue weighted by Crippen LogP contribution is -2.58. The van der Waals surface area contributed by atoms with Gasteiger partial charge in [-0.3, -0.25) is 19.1 Å². The van der Waals surface area contributed by atoms with E-state index in [1.54, 1.807) is 6.92 Å². The average molecular weight is 751 g/mol. The van der Waals surface area contributed by atoms with Crippen molar-refractivity contribution in [2.45, 2.75) is 93.7 Å². The fraction of sp³-hybridized carbons (Fsp3) is 0.500. The van der Waals surface area contributed by atoms with Gasteiger partial charge >= 0.3 is 6.09 Å². The van der Waals surface area contributed by atoms with E-state index in [2.05, 4.69) is 15.4 Å². The second-order valence-electron chi connectivity index (χ2n) is 13.8. The molecule has 4 amide bonds. The number of para-hydroxylation sites is 2. The molecule has 2 aromatic heterocycles.